The molecule has 4 rings (SSSR count). The van der Waals surface area contributed by atoms with E-state index in [-0.39, 0.29) is 20.6 Å². The summed E-state index contributed by atoms with van der Waals surface area (Å²) in [7, 11) is 0.731. The Bertz CT molecular complexity index is 1370. The average Bonchev–Trinajstić information content (AvgIpc) is 3.39. The molecular formula is C22H24ClN5O4S2. The number of hydrogen-bond acceptors (Lipinski definition) is 8. The van der Waals surface area contributed by atoms with Crippen molar-refractivity contribution in [2.45, 2.75) is 17.4 Å². The number of carbonyl (C=O) groups is 2. The van der Waals surface area contributed by atoms with Crippen molar-refractivity contribution in [1.82, 2.24) is 15.2 Å². The third-order valence-corrected chi connectivity index (χ3v) is 8.06. The molecule has 9 nitrogen and oxygen atoms in total. The molecule has 0 spiro atoms. The smallest absolute Gasteiger partial charge is 0.327 e. The van der Waals surface area contributed by atoms with Crippen molar-refractivity contribution in [2.75, 3.05) is 43.7 Å². The Balaban J connectivity index is 1.45. The number of fused-ring (bicyclic) bond motifs is 1. The molecule has 1 saturated heterocycles. The van der Waals surface area contributed by atoms with Gasteiger partial charge < -0.3 is 9.80 Å². The van der Waals surface area contributed by atoms with Gasteiger partial charge in [0.05, 0.1) is 25.7 Å². The van der Waals surface area contributed by atoms with E-state index in [0.29, 0.717) is 16.3 Å². The second kappa shape index (κ2) is 9.49. The van der Waals surface area contributed by atoms with Crippen LogP contribution in [-0.2, 0) is 9.84 Å². The van der Waals surface area contributed by atoms with Crippen LogP contribution in [0.5, 0.6) is 0 Å². The van der Waals surface area contributed by atoms with E-state index in [0.717, 1.165) is 42.8 Å². The molecule has 12 heteroatoms. The normalized spacial score (nSPS) is 16.3. The number of benzene rings is 2. The van der Waals surface area contributed by atoms with Gasteiger partial charge in [0.1, 0.15) is 0 Å². The molecule has 3 aromatic rings. The number of rotatable bonds is 5. The van der Waals surface area contributed by atoms with Crippen LogP contribution in [0, 0.1) is 0 Å². The van der Waals surface area contributed by atoms with Crippen molar-refractivity contribution in [3.05, 3.63) is 47.0 Å². The van der Waals surface area contributed by atoms with Crippen LogP contribution in [-0.4, -0.2) is 69.7 Å². The van der Waals surface area contributed by atoms with E-state index < -0.39 is 21.8 Å². The topological polar surface area (TPSA) is 112 Å². The second-order valence-corrected chi connectivity index (χ2v) is 11.8. The molecule has 1 fully saturated rings. The fourth-order valence-electron chi connectivity index (χ4n) is 3.77. The maximum Gasteiger partial charge on any atom is 0.327 e. The third-order valence-electron chi connectivity index (χ3n) is 5.69. The quantitative estimate of drug-likeness (QED) is 0.528. The van der Waals surface area contributed by atoms with E-state index in [1.54, 1.807) is 18.2 Å². The van der Waals surface area contributed by atoms with E-state index in [2.05, 4.69) is 25.4 Å². The highest BCUT2D eigenvalue weighted by molar-refractivity contribution is 7.90. The molecule has 180 valence electrons. The van der Waals surface area contributed by atoms with Gasteiger partial charge in [-0.1, -0.05) is 22.9 Å². The maximum atomic E-state index is 12.8. The van der Waals surface area contributed by atoms with Gasteiger partial charge in [-0.25, -0.2) is 18.2 Å². The summed E-state index contributed by atoms with van der Waals surface area (Å²) in [6.07, 6.45) is 2.14. The van der Waals surface area contributed by atoms with Crippen molar-refractivity contribution in [3.63, 3.8) is 0 Å². The number of nitrogens with one attached hydrogen (secondary N) is 2. The summed E-state index contributed by atoms with van der Waals surface area (Å²) in [4.78, 5) is 34.0. The molecule has 1 unspecified atom stereocenters. The lowest BCUT2D eigenvalue weighted by Gasteiger charge is -2.22. The van der Waals surface area contributed by atoms with Crippen molar-refractivity contribution in [3.8, 4) is 0 Å². The average molecular weight is 522 g/mol. The fraction of sp³-hybridized carbons (Fsp3) is 0.318. The Morgan fingerprint density at radius 1 is 1.21 bits per heavy atom. The van der Waals surface area contributed by atoms with Crippen LogP contribution >= 0.6 is 22.9 Å². The van der Waals surface area contributed by atoms with Crippen LogP contribution in [0.25, 0.3) is 10.2 Å². The molecule has 0 aliphatic carbocycles. The SMILES string of the molecule is CN(C)C1CCN(c2ccc(Cl)c(C(=O)NC(=O)Nc3nc4ccc(S(C)(=O)=O)cc4s3)c2)C1. The first-order valence-corrected chi connectivity index (χ1v) is 13.5. The number of sulfone groups is 1. The predicted molar refractivity (Wildman–Crippen MR) is 135 cm³/mol. The van der Waals surface area contributed by atoms with Crippen LogP contribution in [0.3, 0.4) is 0 Å². The first kappa shape index (κ1) is 24.4. The number of carbonyl (C=O) groups excluding carboxylic acids is 2. The number of imide groups is 1. The van der Waals surface area contributed by atoms with E-state index in [4.69, 9.17) is 11.6 Å². The minimum atomic E-state index is -3.36. The fourth-order valence-corrected chi connectivity index (χ4v) is 5.59. The predicted octanol–water partition coefficient (Wildman–Crippen LogP) is 3.46. The zero-order chi connectivity index (χ0) is 24.6. The van der Waals surface area contributed by atoms with Crippen LogP contribution in [0.15, 0.2) is 41.3 Å². The molecular weight excluding hydrogens is 498 g/mol. The Kier molecular flexibility index (Phi) is 6.81. The monoisotopic (exact) mass is 521 g/mol. The molecule has 0 bridgehead atoms. The van der Waals surface area contributed by atoms with Crippen LogP contribution in [0.2, 0.25) is 5.02 Å². The minimum Gasteiger partial charge on any atom is -0.370 e. The highest BCUT2D eigenvalue weighted by atomic mass is 35.5. The molecule has 3 amide bonds. The van der Waals surface area contributed by atoms with Crippen molar-refractivity contribution < 1.29 is 18.0 Å². The van der Waals surface area contributed by atoms with Gasteiger partial charge >= 0.3 is 6.03 Å². The summed E-state index contributed by atoms with van der Waals surface area (Å²) in [5.74, 6) is -0.631. The number of urea groups is 1. The number of nitrogens with zero attached hydrogens (tertiary/aromatic N) is 3. The van der Waals surface area contributed by atoms with Gasteiger partial charge in [0.25, 0.3) is 5.91 Å². The number of anilines is 2. The molecule has 1 atom stereocenters. The first-order valence-electron chi connectivity index (χ1n) is 10.4. The Morgan fingerprint density at radius 2 is 1.97 bits per heavy atom. The van der Waals surface area contributed by atoms with Gasteiger partial charge in [-0.15, -0.1) is 0 Å². The molecule has 1 aliphatic heterocycles. The highest BCUT2D eigenvalue weighted by Crippen LogP contribution is 2.29. The van der Waals surface area contributed by atoms with Gasteiger partial charge in [0.15, 0.2) is 15.0 Å². The Hall–Kier alpha value is -2.73. The number of likely N-dealkylation sites (N-methyl/N-ethyl adjacent to an activating group) is 1. The third kappa shape index (κ3) is 5.33. The first-order chi connectivity index (χ1) is 16.0. The number of halogens is 1. The van der Waals surface area contributed by atoms with E-state index in [9.17, 15) is 18.0 Å². The van der Waals surface area contributed by atoms with Crippen LogP contribution in [0.1, 0.15) is 16.8 Å². The van der Waals surface area contributed by atoms with Crippen molar-refractivity contribution in [1.29, 1.82) is 0 Å². The van der Waals surface area contributed by atoms with Crippen LogP contribution < -0.4 is 15.5 Å². The molecule has 1 aliphatic rings. The Morgan fingerprint density at radius 3 is 2.65 bits per heavy atom. The van der Waals surface area contributed by atoms with Crippen molar-refractivity contribution in [2.24, 2.45) is 0 Å². The summed E-state index contributed by atoms with van der Waals surface area (Å²) >= 11 is 7.36. The number of thiazole rings is 1. The molecule has 1 aromatic heterocycles. The highest BCUT2D eigenvalue weighted by Gasteiger charge is 2.25. The standard InChI is InChI=1S/C22H24ClN5O4S2/c1-27(2)14-8-9-28(12-14)13-4-6-17(23)16(10-13)20(29)25-21(30)26-22-24-18-7-5-15(34(3,31)32)11-19(18)33-22/h4-7,10-11,14H,8-9,12H2,1-3H3,(H2,24,25,26,29,30). The van der Waals surface area contributed by atoms with Crippen LogP contribution in [0.4, 0.5) is 15.6 Å². The molecule has 0 radical (unpaired) electrons. The van der Waals surface area contributed by atoms with Crippen molar-refractivity contribution >= 4 is 65.7 Å². The second-order valence-electron chi connectivity index (χ2n) is 8.35. The zero-order valence-corrected chi connectivity index (χ0v) is 21.2. The molecule has 2 aromatic carbocycles. The minimum absolute atomic E-state index is 0.166. The van der Waals surface area contributed by atoms with Gasteiger partial charge in [0, 0.05) is 31.1 Å². The van der Waals surface area contributed by atoms with E-state index >= 15 is 0 Å². The zero-order valence-electron chi connectivity index (χ0n) is 18.8. The van der Waals surface area contributed by atoms with Gasteiger partial charge in [-0.3, -0.25) is 15.4 Å². The van der Waals surface area contributed by atoms with Gasteiger partial charge in [-0.2, -0.15) is 0 Å². The number of hydrogen-bond donors (Lipinski definition) is 2. The summed E-state index contributed by atoms with van der Waals surface area (Å²) in [6.45, 7) is 1.71. The molecule has 34 heavy (non-hydrogen) atoms. The molecule has 2 heterocycles. The lowest BCUT2D eigenvalue weighted by Crippen LogP contribution is -2.34. The van der Waals surface area contributed by atoms with E-state index in [1.807, 2.05) is 20.2 Å². The summed E-state index contributed by atoms with van der Waals surface area (Å²) in [5.41, 5.74) is 1.60. The largest absolute Gasteiger partial charge is 0.370 e. The van der Waals surface area contributed by atoms with Gasteiger partial charge in [0.2, 0.25) is 0 Å². The lowest BCUT2D eigenvalue weighted by molar-refractivity contribution is 0.0967. The summed E-state index contributed by atoms with van der Waals surface area (Å²) in [6, 6.07) is 9.41. The molecule has 2 N–H and O–H groups in total. The summed E-state index contributed by atoms with van der Waals surface area (Å²) < 4.78 is 24.1. The number of amides is 3. The van der Waals surface area contributed by atoms with E-state index in [1.165, 1.54) is 12.1 Å². The summed E-state index contributed by atoms with van der Waals surface area (Å²) in [5, 5.41) is 5.28. The lowest BCUT2D eigenvalue weighted by atomic mass is 10.1. The molecule has 0 saturated carbocycles. The van der Waals surface area contributed by atoms with Gasteiger partial charge in [-0.05, 0) is 56.9 Å². The maximum absolute atomic E-state index is 12.8. The number of aromatic nitrogens is 1. The Labute approximate surface area is 206 Å².